The molecule has 3 N–H and O–H groups in total. The number of thiophene rings is 1. The molecule has 0 bridgehead atoms. The molecule has 1 aliphatic rings. The maximum atomic E-state index is 12.2. The molecule has 0 radical (unpaired) electrons. The summed E-state index contributed by atoms with van der Waals surface area (Å²) in [6.45, 7) is 8.06. The van der Waals surface area contributed by atoms with Crippen LogP contribution in [0.15, 0.2) is 17.5 Å². The number of hydrogen-bond donors (Lipinski definition) is 2. The van der Waals surface area contributed by atoms with E-state index in [-0.39, 0.29) is 11.9 Å². The second-order valence-corrected chi connectivity index (χ2v) is 7.14. The quantitative estimate of drug-likeness (QED) is 0.799. The molecule has 0 aromatic carbocycles. The number of ether oxygens (including phenoxy) is 1. The van der Waals surface area contributed by atoms with E-state index in [2.05, 4.69) is 41.6 Å². The highest BCUT2D eigenvalue weighted by Crippen LogP contribution is 2.25. The predicted molar refractivity (Wildman–Crippen MR) is 89.9 cm³/mol. The van der Waals surface area contributed by atoms with Crippen LogP contribution >= 0.6 is 11.3 Å². The number of carbonyl (C=O) groups is 1. The molecule has 1 saturated heterocycles. The van der Waals surface area contributed by atoms with Crippen LogP contribution in [0.2, 0.25) is 0 Å². The highest BCUT2D eigenvalue weighted by molar-refractivity contribution is 7.10. The SMILES string of the molecule is CC(C)C[C@H](N)C(=O)NCC(c1cccs1)N1CCOCC1. The number of carbonyl (C=O) groups excluding carboxylic acids is 1. The van der Waals surface area contributed by atoms with Crippen LogP contribution in [0.5, 0.6) is 0 Å². The zero-order chi connectivity index (χ0) is 15.9. The van der Waals surface area contributed by atoms with Gasteiger partial charge in [0, 0.05) is 24.5 Å². The van der Waals surface area contributed by atoms with E-state index in [0.29, 0.717) is 18.9 Å². The van der Waals surface area contributed by atoms with Crippen molar-refractivity contribution in [3.05, 3.63) is 22.4 Å². The van der Waals surface area contributed by atoms with Gasteiger partial charge >= 0.3 is 0 Å². The van der Waals surface area contributed by atoms with E-state index in [1.165, 1.54) is 4.88 Å². The first-order valence-corrected chi connectivity index (χ1v) is 8.84. The topological polar surface area (TPSA) is 67.6 Å². The summed E-state index contributed by atoms with van der Waals surface area (Å²) in [7, 11) is 0. The average Bonchev–Trinajstić information content (AvgIpc) is 3.02. The summed E-state index contributed by atoms with van der Waals surface area (Å²) in [6.07, 6.45) is 0.715. The van der Waals surface area contributed by atoms with Crippen molar-refractivity contribution in [1.82, 2.24) is 10.2 Å². The first-order valence-electron chi connectivity index (χ1n) is 7.96. The molecule has 0 saturated carbocycles. The lowest BCUT2D eigenvalue weighted by Crippen LogP contribution is -2.47. The van der Waals surface area contributed by atoms with Crippen LogP contribution < -0.4 is 11.1 Å². The Bertz CT molecular complexity index is 444. The zero-order valence-corrected chi connectivity index (χ0v) is 14.3. The Hall–Kier alpha value is -0.950. The minimum atomic E-state index is -0.423. The second-order valence-electron chi connectivity index (χ2n) is 6.16. The Kier molecular flexibility index (Phi) is 6.82. The van der Waals surface area contributed by atoms with Crippen LogP contribution in [-0.2, 0) is 9.53 Å². The molecule has 5 nitrogen and oxygen atoms in total. The standard InChI is InChI=1S/C16H27N3O2S/c1-12(2)10-13(17)16(20)18-11-14(15-4-3-9-22-15)19-5-7-21-8-6-19/h3-4,9,12-14H,5-8,10-11,17H2,1-2H3,(H,18,20)/t13-,14?/m0/s1. The van der Waals surface area contributed by atoms with Gasteiger partial charge in [0.2, 0.25) is 5.91 Å². The van der Waals surface area contributed by atoms with Crippen LogP contribution in [0.4, 0.5) is 0 Å². The number of hydrogen-bond acceptors (Lipinski definition) is 5. The van der Waals surface area contributed by atoms with Crippen LogP contribution in [0.3, 0.4) is 0 Å². The van der Waals surface area contributed by atoms with E-state index in [4.69, 9.17) is 10.5 Å². The summed E-state index contributed by atoms with van der Waals surface area (Å²) in [5, 5.41) is 5.11. The average molecular weight is 325 g/mol. The fourth-order valence-electron chi connectivity index (χ4n) is 2.72. The summed E-state index contributed by atoms with van der Waals surface area (Å²) < 4.78 is 5.43. The normalized spacial score (nSPS) is 19.1. The van der Waals surface area contributed by atoms with Crippen molar-refractivity contribution < 1.29 is 9.53 Å². The fourth-order valence-corrected chi connectivity index (χ4v) is 3.58. The number of morpholine rings is 1. The van der Waals surface area contributed by atoms with Crippen molar-refractivity contribution in [2.45, 2.75) is 32.4 Å². The van der Waals surface area contributed by atoms with E-state index < -0.39 is 6.04 Å². The van der Waals surface area contributed by atoms with Crippen molar-refractivity contribution in [3.8, 4) is 0 Å². The monoisotopic (exact) mass is 325 g/mol. The largest absolute Gasteiger partial charge is 0.379 e. The Balaban J connectivity index is 1.93. The molecule has 0 spiro atoms. The molecule has 1 aromatic rings. The Labute approximate surface area is 136 Å². The Morgan fingerprint density at radius 1 is 1.45 bits per heavy atom. The van der Waals surface area contributed by atoms with Gasteiger partial charge in [0.1, 0.15) is 0 Å². The highest BCUT2D eigenvalue weighted by Gasteiger charge is 2.25. The van der Waals surface area contributed by atoms with E-state index >= 15 is 0 Å². The smallest absolute Gasteiger partial charge is 0.236 e. The van der Waals surface area contributed by atoms with Gasteiger partial charge in [-0.15, -0.1) is 11.3 Å². The molecule has 1 fully saturated rings. The third-order valence-corrected chi connectivity index (χ3v) is 4.86. The van der Waals surface area contributed by atoms with Gasteiger partial charge in [-0.25, -0.2) is 0 Å². The number of rotatable bonds is 7. The summed E-state index contributed by atoms with van der Waals surface area (Å²) in [4.78, 5) is 15.8. The van der Waals surface area contributed by atoms with Gasteiger partial charge in [-0.05, 0) is 23.8 Å². The third-order valence-electron chi connectivity index (χ3n) is 3.89. The molecule has 2 rings (SSSR count). The second kappa shape index (κ2) is 8.62. The van der Waals surface area contributed by atoms with Crippen molar-refractivity contribution in [2.24, 2.45) is 11.7 Å². The third kappa shape index (κ3) is 5.05. The van der Waals surface area contributed by atoms with E-state index in [9.17, 15) is 4.79 Å². The van der Waals surface area contributed by atoms with Crippen LogP contribution in [0.1, 0.15) is 31.2 Å². The molecule has 1 amide bonds. The number of nitrogens with zero attached hydrogens (tertiary/aromatic N) is 1. The molecule has 0 aliphatic carbocycles. The van der Waals surface area contributed by atoms with Gasteiger partial charge in [-0.1, -0.05) is 19.9 Å². The lowest BCUT2D eigenvalue weighted by molar-refractivity contribution is -0.123. The molecule has 22 heavy (non-hydrogen) atoms. The predicted octanol–water partition coefficient (Wildman–Crippen LogP) is 1.61. The molecule has 124 valence electrons. The van der Waals surface area contributed by atoms with Crippen molar-refractivity contribution in [3.63, 3.8) is 0 Å². The minimum absolute atomic E-state index is 0.0523. The maximum absolute atomic E-state index is 12.2. The highest BCUT2D eigenvalue weighted by atomic mass is 32.1. The lowest BCUT2D eigenvalue weighted by Gasteiger charge is -2.34. The summed E-state index contributed by atoms with van der Waals surface area (Å²) in [5.41, 5.74) is 5.96. The van der Waals surface area contributed by atoms with Gasteiger partial charge in [0.05, 0.1) is 25.3 Å². The molecule has 1 aliphatic heterocycles. The Morgan fingerprint density at radius 3 is 2.77 bits per heavy atom. The molecular formula is C16H27N3O2S. The van der Waals surface area contributed by atoms with Gasteiger partial charge in [0.15, 0.2) is 0 Å². The molecule has 6 heteroatoms. The summed E-state index contributed by atoms with van der Waals surface area (Å²) in [6, 6.07) is 3.97. The van der Waals surface area contributed by atoms with Crippen LogP contribution in [0, 0.1) is 5.92 Å². The molecule has 1 unspecified atom stereocenters. The minimum Gasteiger partial charge on any atom is -0.379 e. The lowest BCUT2D eigenvalue weighted by atomic mass is 10.0. The zero-order valence-electron chi connectivity index (χ0n) is 13.5. The van der Waals surface area contributed by atoms with Crippen molar-refractivity contribution in [2.75, 3.05) is 32.8 Å². The van der Waals surface area contributed by atoms with Crippen molar-refractivity contribution in [1.29, 1.82) is 0 Å². The van der Waals surface area contributed by atoms with Crippen LogP contribution in [0.25, 0.3) is 0 Å². The van der Waals surface area contributed by atoms with E-state index in [1.807, 2.05) is 0 Å². The van der Waals surface area contributed by atoms with Crippen LogP contribution in [-0.4, -0.2) is 49.7 Å². The first kappa shape index (κ1) is 17.4. The Morgan fingerprint density at radius 2 is 2.18 bits per heavy atom. The number of amides is 1. The summed E-state index contributed by atoms with van der Waals surface area (Å²) in [5.74, 6) is 0.372. The van der Waals surface area contributed by atoms with Gasteiger partial charge in [-0.3, -0.25) is 9.69 Å². The van der Waals surface area contributed by atoms with Crippen molar-refractivity contribution >= 4 is 17.2 Å². The summed E-state index contributed by atoms with van der Waals surface area (Å²) >= 11 is 1.73. The van der Waals surface area contributed by atoms with Gasteiger partial charge in [0.25, 0.3) is 0 Å². The molecule has 2 atom stereocenters. The van der Waals surface area contributed by atoms with E-state index in [0.717, 1.165) is 26.3 Å². The van der Waals surface area contributed by atoms with Gasteiger partial charge < -0.3 is 15.8 Å². The molecule has 1 aromatic heterocycles. The van der Waals surface area contributed by atoms with Gasteiger partial charge in [-0.2, -0.15) is 0 Å². The fraction of sp³-hybridized carbons (Fsp3) is 0.688. The maximum Gasteiger partial charge on any atom is 0.236 e. The number of nitrogens with two attached hydrogens (primary N) is 1. The first-order chi connectivity index (χ1) is 10.6. The molecule has 2 heterocycles. The van der Waals surface area contributed by atoms with E-state index in [1.54, 1.807) is 11.3 Å². The molecular weight excluding hydrogens is 298 g/mol. The number of nitrogens with one attached hydrogen (secondary N) is 1.